The minimum atomic E-state index is -0.177. The van der Waals surface area contributed by atoms with Crippen LogP contribution in [0.3, 0.4) is 0 Å². The molecule has 1 aliphatic carbocycles. The van der Waals surface area contributed by atoms with Crippen molar-refractivity contribution < 1.29 is 0 Å². The zero-order valence-electron chi connectivity index (χ0n) is 35.8. The van der Waals surface area contributed by atoms with E-state index in [4.69, 9.17) is 0 Å². The fraction of sp³-hybridized carbons (Fsp3) is 0.0476. The van der Waals surface area contributed by atoms with Crippen molar-refractivity contribution in [1.29, 1.82) is 0 Å². The Morgan fingerprint density at radius 2 is 0.766 bits per heavy atom. The molecule has 0 saturated carbocycles. The summed E-state index contributed by atoms with van der Waals surface area (Å²) in [7, 11) is 0. The molecule has 0 unspecified atom stereocenters. The van der Waals surface area contributed by atoms with Gasteiger partial charge in [-0.1, -0.05) is 196 Å². The van der Waals surface area contributed by atoms with Crippen molar-refractivity contribution >= 4 is 70.9 Å². The lowest BCUT2D eigenvalue weighted by atomic mass is 9.81. The average molecular weight is 814 g/mol. The zero-order chi connectivity index (χ0) is 42.5. The first kappa shape index (κ1) is 36.6. The lowest BCUT2D eigenvalue weighted by molar-refractivity contribution is 0.660. The van der Waals surface area contributed by atoms with Crippen LogP contribution in [-0.4, -0.2) is 0 Å². The maximum absolute atomic E-state index is 2.44. The van der Waals surface area contributed by atoms with E-state index in [1.165, 1.54) is 109 Å². The molecule has 1 nitrogen and oxygen atoms in total. The van der Waals surface area contributed by atoms with Gasteiger partial charge in [0, 0.05) is 22.5 Å². The number of fused-ring (bicyclic) bond motifs is 5. The van der Waals surface area contributed by atoms with Gasteiger partial charge in [0.1, 0.15) is 0 Å². The van der Waals surface area contributed by atoms with Crippen LogP contribution in [0.25, 0.3) is 98.4 Å². The minimum absolute atomic E-state index is 0.177. The Kier molecular flexibility index (Phi) is 8.02. The second kappa shape index (κ2) is 14.0. The van der Waals surface area contributed by atoms with Gasteiger partial charge in [0.2, 0.25) is 0 Å². The van der Waals surface area contributed by atoms with Gasteiger partial charge >= 0.3 is 0 Å². The molecule has 0 amide bonds. The molecule has 0 N–H and O–H groups in total. The van der Waals surface area contributed by atoms with E-state index in [0.29, 0.717) is 0 Å². The van der Waals surface area contributed by atoms with Crippen LogP contribution in [0.15, 0.2) is 224 Å². The molecular formula is C63H43N. The smallest absolute Gasteiger partial charge is 0.0465 e. The number of rotatable bonds is 6. The summed E-state index contributed by atoms with van der Waals surface area (Å²) >= 11 is 0. The second-order valence-electron chi connectivity index (χ2n) is 18.0. The first-order chi connectivity index (χ1) is 31.5. The van der Waals surface area contributed by atoms with Crippen molar-refractivity contribution in [2.45, 2.75) is 19.3 Å². The molecule has 0 spiro atoms. The Bertz CT molecular complexity index is 3670. The molecule has 0 aromatic heterocycles. The molecule has 64 heavy (non-hydrogen) atoms. The number of benzene rings is 12. The van der Waals surface area contributed by atoms with Gasteiger partial charge < -0.3 is 4.90 Å². The summed E-state index contributed by atoms with van der Waals surface area (Å²) in [4.78, 5) is 2.36. The first-order valence-electron chi connectivity index (χ1n) is 22.4. The van der Waals surface area contributed by atoms with Crippen LogP contribution in [0.2, 0.25) is 0 Å². The summed E-state index contributed by atoms with van der Waals surface area (Å²) in [5.74, 6) is 0. The van der Waals surface area contributed by atoms with Crippen LogP contribution in [0.1, 0.15) is 25.0 Å². The highest BCUT2D eigenvalue weighted by atomic mass is 15.1. The molecule has 0 saturated heterocycles. The molecule has 12 aromatic rings. The molecule has 0 heterocycles. The number of hydrogen-bond acceptors (Lipinski definition) is 1. The zero-order valence-corrected chi connectivity index (χ0v) is 35.8. The van der Waals surface area contributed by atoms with Gasteiger partial charge in [0.05, 0.1) is 0 Å². The Hall–Kier alpha value is -8.00. The molecule has 13 rings (SSSR count). The van der Waals surface area contributed by atoms with Crippen LogP contribution in [0.5, 0.6) is 0 Å². The third-order valence-electron chi connectivity index (χ3n) is 14.2. The van der Waals surface area contributed by atoms with E-state index in [1.807, 2.05) is 0 Å². The van der Waals surface area contributed by atoms with Gasteiger partial charge in [-0.25, -0.2) is 0 Å². The van der Waals surface area contributed by atoms with Crippen molar-refractivity contribution in [3.63, 3.8) is 0 Å². The fourth-order valence-corrected chi connectivity index (χ4v) is 11.2. The number of hydrogen-bond donors (Lipinski definition) is 0. The van der Waals surface area contributed by atoms with Crippen molar-refractivity contribution in [2.75, 3.05) is 4.90 Å². The van der Waals surface area contributed by atoms with E-state index in [9.17, 15) is 0 Å². The van der Waals surface area contributed by atoms with Gasteiger partial charge in [-0.3, -0.25) is 0 Å². The topological polar surface area (TPSA) is 3.24 Å². The standard InChI is InChI=1S/C63H43N/c1-63(2)57-38-45(32-34-49(57)50-37-33-48(39-58(50)63)64(46-16-5-3-6-17-46)47-18-7-4-8-19-47)40-24-26-43(27-25-40)60-51-20-9-11-22-53(51)62(54-23-12-10-21-52(54)60)56-36-31-44-29-28-41-14-13-15-42-30-35-55(56)61(44)59(41)42/h3-39H,1-2H3. The van der Waals surface area contributed by atoms with E-state index in [2.05, 4.69) is 243 Å². The van der Waals surface area contributed by atoms with Crippen molar-refractivity contribution in [1.82, 2.24) is 0 Å². The SMILES string of the molecule is CC1(C)c2cc(-c3ccc(-c4c5ccccc5c(-c5ccc6ccc7cccc8ccc5c6c78)c5ccccc45)cc3)ccc2-c2ccc(N(c3ccccc3)c3ccccc3)cc21. The lowest BCUT2D eigenvalue weighted by Gasteiger charge is -2.28. The van der Waals surface area contributed by atoms with Crippen molar-refractivity contribution in [3.05, 3.63) is 236 Å². The van der Waals surface area contributed by atoms with Crippen LogP contribution < -0.4 is 4.90 Å². The van der Waals surface area contributed by atoms with E-state index in [0.717, 1.165) is 17.1 Å². The summed E-state index contributed by atoms with van der Waals surface area (Å²) in [6.45, 7) is 4.76. The van der Waals surface area contributed by atoms with E-state index in [-0.39, 0.29) is 5.41 Å². The first-order valence-corrected chi connectivity index (χ1v) is 22.4. The summed E-state index contributed by atoms with van der Waals surface area (Å²) in [5.41, 5.74) is 16.2. The van der Waals surface area contributed by atoms with Crippen LogP contribution >= 0.6 is 0 Å². The third kappa shape index (κ3) is 5.44. The minimum Gasteiger partial charge on any atom is -0.310 e. The molecule has 12 aromatic carbocycles. The second-order valence-corrected chi connectivity index (χ2v) is 18.0. The normalized spacial score (nSPS) is 13.0. The maximum Gasteiger partial charge on any atom is 0.0465 e. The molecule has 0 bridgehead atoms. The number of anilines is 3. The summed E-state index contributed by atoms with van der Waals surface area (Å²) in [6.07, 6.45) is 0. The van der Waals surface area contributed by atoms with Crippen LogP contribution in [0.4, 0.5) is 17.1 Å². The fourth-order valence-electron chi connectivity index (χ4n) is 11.2. The molecule has 1 heteroatoms. The maximum atomic E-state index is 2.44. The summed E-state index contributed by atoms with van der Waals surface area (Å²) in [6, 6.07) is 83.3. The lowest BCUT2D eigenvalue weighted by Crippen LogP contribution is -2.16. The molecule has 0 fully saturated rings. The quantitative estimate of drug-likeness (QED) is 0.119. The largest absolute Gasteiger partial charge is 0.310 e. The van der Waals surface area contributed by atoms with E-state index in [1.54, 1.807) is 0 Å². The van der Waals surface area contributed by atoms with Crippen LogP contribution in [0, 0.1) is 0 Å². The molecular weight excluding hydrogens is 771 g/mol. The van der Waals surface area contributed by atoms with Gasteiger partial charge in [0.15, 0.2) is 0 Å². The molecule has 0 aliphatic heterocycles. The molecule has 1 aliphatic rings. The van der Waals surface area contributed by atoms with Gasteiger partial charge in [-0.2, -0.15) is 0 Å². The van der Waals surface area contributed by atoms with Gasteiger partial charge in [-0.15, -0.1) is 0 Å². The highest BCUT2D eigenvalue weighted by Crippen LogP contribution is 2.52. The monoisotopic (exact) mass is 813 g/mol. The Labute approximate surface area is 373 Å². The number of nitrogens with zero attached hydrogens (tertiary/aromatic N) is 1. The van der Waals surface area contributed by atoms with E-state index < -0.39 is 0 Å². The Morgan fingerprint density at radius 1 is 0.297 bits per heavy atom. The highest BCUT2D eigenvalue weighted by molar-refractivity contribution is 6.29. The average Bonchev–Trinajstić information content (AvgIpc) is 3.58. The van der Waals surface area contributed by atoms with E-state index >= 15 is 0 Å². The third-order valence-corrected chi connectivity index (χ3v) is 14.2. The molecule has 0 radical (unpaired) electrons. The summed E-state index contributed by atoms with van der Waals surface area (Å²) < 4.78 is 0. The Morgan fingerprint density at radius 3 is 1.39 bits per heavy atom. The van der Waals surface area contributed by atoms with Gasteiger partial charge in [0.25, 0.3) is 0 Å². The molecule has 300 valence electrons. The van der Waals surface area contributed by atoms with Crippen molar-refractivity contribution in [2.24, 2.45) is 0 Å². The Balaban J connectivity index is 0.899. The van der Waals surface area contributed by atoms with Crippen LogP contribution in [-0.2, 0) is 5.41 Å². The molecule has 0 atom stereocenters. The predicted octanol–water partition coefficient (Wildman–Crippen LogP) is 17.7. The highest BCUT2D eigenvalue weighted by Gasteiger charge is 2.36. The predicted molar refractivity (Wildman–Crippen MR) is 274 cm³/mol. The van der Waals surface area contributed by atoms with Crippen molar-refractivity contribution in [3.8, 4) is 44.5 Å². The number of para-hydroxylation sites is 2. The van der Waals surface area contributed by atoms with Gasteiger partial charge in [-0.05, 0) is 152 Å². The summed E-state index contributed by atoms with van der Waals surface area (Å²) in [5, 5.41) is 12.9.